The molecule has 30 heavy (non-hydrogen) atoms. The Labute approximate surface area is 179 Å². The molecule has 0 aromatic heterocycles. The van der Waals surface area contributed by atoms with Crippen LogP contribution >= 0.6 is 0 Å². The highest BCUT2D eigenvalue weighted by Crippen LogP contribution is 2.59. The molecule has 3 aliphatic rings. The molecule has 0 aromatic rings. The normalized spacial score (nSPS) is 40.7. The number of fused-ring (bicyclic) bond motifs is 3. The van der Waals surface area contributed by atoms with E-state index in [1.165, 1.54) is 13.8 Å². The van der Waals surface area contributed by atoms with Crippen LogP contribution in [0.1, 0.15) is 67.2 Å². The van der Waals surface area contributed by atoms with Gasteiger partial charge < -0.3 is 19.7 Å². The minimum atomic E-state index is -0.718. The van der Waals surface area contributed by atoms with Gasteiger partial charge in [0.15, 0.2) is 0 Å². The van der Waals surface area contributed by atoms with E-state index in [9.17, 15) is 19.8 Å². The summed E-state index contributed by atoms with van der Waals surface area (Å²) in [6.45, 7) is 15.1. The first-order chi connectivity index (χ1) is 13.8. The molecule has 6 heteroatoms. The molecule has 0 saturated heterocycles. The summed E-state index contributed by atoms with van der Waals surface area (Å²) in [5.41, 5.74) is 1.67. The van der Waals surface area contributed by atoms with Gasteiger partial charge in [-0.1, -0.05) is 32.9 Å². The maximum Gasteiger partial charge on any atom is 0.303 e. The van der Waals surface area contributed by atoms with E-state index in [2.05, 4.69) is 13.5 Å². The number of ether oxygens (including phenoxy) is 2. The average molecular weight is 421 g/mol. The maximum absolute atomic E-state index is 12.2. The van der Waals surface area contributed by atoms with Crippen molar-refractivity contribution < 1.29 is 29.3 Å². The zero-order valence-electron chi connectivity index (χ0n) is 19.0. The molecule has 0 spiro atoms. The van der Waals surface area contributed by atoms with Crippen LogP contribution in [0, 0.1) is 22.7 Å². The SMILES string of the molecule is C=C1C(OC(C)=O)CCC2(C)CC(O)C3=C(C)CC(O)C(C(OC(C)=O)C12)C3(C)C. The molecule has 0 radical (unpaired) electrons. The number of esters is 2. The summed E-state index contributed by atoms with van der Waals surface area (Å²) in [5, 5.41) is 22.5. The Balaban J connectivity index is 2.19. The highest BCUT2D eigenvalue weighted by Gasteiger charge is 2.59. The lowest BCUT2D eigenvalue weighted by Crippen LogP contribution is -2.59. The molecule has 7 unspecified atom stereocenters. The van der Waals surface area contributed by atoms with E-state index in [0.717, 1.165) is 11.1 Å². The zero-order valence-corrected chi connectivity index (χ0v) is 19.0. The summed E-state index contributed by atoms with van der Waals surface area (Å²) >= 11 is 0. The van der Waals surface area contributed by atoms with E-state index < -0.39 is 47.1 Å². The summed E-state index contributed by atoms with van der Waals surface area (Å²) in [5.74, 6) is -1.54. The Morgan fingerprint density at radius 3 is 2.27 bits per heavy atom. The van der Waals surface area contributed by atoms with Crippen LogP contribution in [0.15, 0.2) is 23.3 Å². The Morgan fingerprint density at radius 2 is 1.70 bits per heavy atom. The van der Waals surface area contributed by atoms with E-state index >= 15 is 0 Å². The van der Waals surface area contributed by atoms with Crippen LogP contribution in [0.2, 0.25) is 0 Å². The zero-order chi connectivity index (χ0) is 22.6. The van der Waals surface area contributed by atoms with E-state index in [1.54, 1.807) is 0 Å². The van der Waals surface area contributed by atoms with Crippen molar-refractivity contribution in [3.8, 4) is 0 Å². The van der Waals surface area contributed by atoms with Crippen molar-refractivity contribution in [2.24, 2.45) is 22.7 Å². The molecule has 7 atom stereocenters. The number of hydrogen-bond acceptors (Lipinski definition) is 6. The predicted octanol–water partition coefficient (Wildman–Crippen LogP) is 3.31. The second-order valence-corrected chi connectivity index (χ2v) is 10.4. The number of hydrogen-bond donors (Lipinski definition) is 2. The minimum absolute atomic E-state index is 0.340. The number of carbonyl (C=O) groups is 2. The van der Waals surface area contributed by atoms with Crippen molar-refractivity contribution >= 4 is 11.9 Å². The standard InChI is InChI=1S/C24H36O6/c1-12-10-16(27)21-22(30-15(4)26)20-13(2)18(29-14(3)25)8-9-24(20,7)11-17(28)19(12)23(21,5)6/h16-18,20-22,27-28H,2,8-11H2,1,3-7H3. The highest BCUT2D eigenvalue weighted by atomic mass is 16.6. The summed E-state index contributed by atoms with van der Waals surface area (Å²) in [7, 11) is 0. The minimum Gasteiger partial charge on any atom is -0.461 e. The van der Waals surface area contributed by atoms with Crippen molar-refractivity contribution in [3.05, 3.63) is 23.3 Å². The van der Waals surface area contributed by atoms with Crippen LogP contribution in [0.3, 0.4) is 0 Å². The third-order valence-electron chi connectivity index (χ3n) is 7.74. The molecule has 6 nitrogen and oxygen atoms in total. The van der Waals surface area contributed by atoms with Gasteiger partial charge in [-0.15, -0.1) is 0 Å². The van der Waals surface area contributed by atoms with Crippen LogP contribution in [-0.4, -0.2) is 46.6 Å². The van der Waals surface area contributed by atoms with Gasteiger partial charge in [-0.3, -0.25) is 9.59 Å². The Hall–Kier alpha value is -1.66. The molecular formula is C24H36O6. The summed E-state index contributed by atoms with van der Waals surface area (Å²) < 4.78 is 11.5. The largest absolute Gasteiger partial charge is 0.461 e. The average Bonchev–Trinajstić information content (AvgIpc) is 2.54. The van der Waals surface area contributed by atoms with Crippen LogP contribution in [-0.2, 0) is 19.1 Å². The Kier molecular flexibility index (Phi) is 5.98. The topological polar surface area (TPSA) is 93.1 Å². The predicted molar refractivity (Wildman–Crippen MR) is 112 cm³/mol. The molecule has 0 aromatic carbocycles. The molecule has 168 valence electrons. The summed E-state index contributed by atoms with van der Waals surface area (Å²) in [6.07, 6.45) is -0.224. The molecule has 2 N–H and O–H groups in total. The molecule has 3 rings (SSSR count). The van der Waals surface area contributed by atoms with Gasteiger partial charge in [0.2, 0.25) is 0 Å². The first-order valence-electron chi connectivity index (χ1n) is 10.9. The van der Waals surface area contributed by atoms with Gasteiger partial charge in [-0.05, 0) is 54.6 Å². The van der Waals surface area contributed by atoms with Gasteiger partial charge in [-0.2, -0.15) is 0 Å². The molecule has 2 saturated carbocycles. The molecular weight excluding hydrogens is 384 g/mol. The van der Waals surface area contributed by atoms with E-state index in [0.29, 0.717) is 31.3 Å². The van der Waals surface area contributed by atoms with Gasteiger partial charge in [0.25, 0.3) is 0 Å². The first-order valence-corrected chi connectivity index (χ1v) is 10.9. The van der Waals surface area contributed by atoms with Crippen molar-refractivity contribution in [3.63, 3.8) is 0 Å². The molecule has 0 amide bonds. The number of carbonyl (C=O) groups excluding carboxylic acids is 2. The van der Waals surface area contributed by atoms with Gasteiger partial charge >= 0.3 is 11.9 Å². The van der Waals surface area contributed by atoms with E-state index in [1.807, 2.05) is 20.8 Å². The molecule has 3 aliphatic carbocycles. The van der Waals surface area contributed by atoms with Crippen molar-refractivity contribution in [2.75, 3.05) is 0 Å². The fourth-order valence-corrected chi connectivity index (χ4v) is 6.81. The first kappa shape index (κ1) is 23.0. The van der Waals surface area contributed by atoms with Gasteiger partial charge in [0, 0.05) is 25.7 Å². The molecule has 2 bridgehead atoms. The maximum atomic E-state index is 12.2. The third-order valence-corrected chi connectivity index (χ3v) is 7.74. The van der Waals surface area contributed by atoms with Gasteiger partial charge in [-0.25, -0.2) is 0 Å². The lowest BCUT2D eigenvalue weighted by atomic mass is 9.50. The second-order valence-electron chi connectivity index (χ2n) is 10.4. The Morgan fingerprint density at radius 1 is 1.10 bits per heavy atom. The fourth-order valence-electron chi connectivity index (χ4n) is 6.81. The van der Waals surface area contributed by atoms with Gasteiger partial charge in [0.1, 0.15) is 12.2 Å². The second kappa shape index (κ2) is 7.79. The Bertz CT molecular complexity index is 781. The highest BCUT2D eigenvalue weighted by molar-refractivity contribution is 5.67. The van der Waals surface area contributed by atoms with E-state index in [4.69, 9.17) is 9.47 Å². The number of aliphatic hydroxyl groups excluding tert-OH is 2. The van der Waals surface area contributed by atoms with Crippen molar-refractivity contribution in [1.29, 1.82) is 0 Å². The third kappa shape index (κ3) is 3.73. The molecule has 0 aliphatic heterocycles. The lowest BCUT2D eigenvalue weighted by Gasteiger charge is -2.58. The fraction of sp³-hybridized carbons (Fsp3) is 0.750. The quantitative estimate of drug-likeness (QED) is 0.526. The molecule has 2 fully saturated rings. The smallest absolute Gasteiger partial charge is 0.303 e. The lowest BCUT2D eigenvalue weighted by molar-refractivity contribution is -0.176. The number of aliphatic hydroxyl groups is 2. The van der Waals surface area contributed by atoms with Crippen molar-refractivity contribution in [2.45, 2.75) is 91.6 Å². The van der Waals surface area contributed by atoms with Crippen LogP contribution in [0.4, 0.5) is 0 Å². The van der Waals surface area contributed by atoms with Crippen molar-refractivity contribution in [1.82, 2.24) is 0 Å². The van der Waals surface area contributed by atoms with Crippen LogP contribution < -0.4 is 0 Å². The van der Waals surface area contributed by atoms with E-state index in [-0.39, 0.29) is 11.9 Å². The number of rotatable bonds is 2. The molecule has 0 heterocycles. The summed E-state index contributed by atoms with van der Waals surface area (Å²) in [6, 6.07) is 0. The summed E-state index contributed by atoms with van der Waals surface area (Å²) in [4.78, 5) is 23.8. The monoisotopic (exact) mass is 420 g/mol. The van der Waals surface area contributed by atoms with Crippen LogP contribution in [0.25, 0.3) is 0 Å². The van der Waals surface area contributed by atoms with Crippen LogP contribution in [0.5, 0.6) is 0 Å². The van der Waals surface area contributed by atoms with Gasteiger partial charge in [0.05, 0.1) is 12.2 Å².